The quantitative estimate of drug-likeness (QED) is 0.736. The zero-order valence-corrected chi connectivity index (χ0v) is 14.8. The minimum atomic E-state index is -0.476. The summed E-state index contributed by atoms with van der Waals surface area (Å²) in [5.41, 5.74) is 0.543. The number of nitrogens with one attached hydrogen (secondary N) is 1. The van der Waals surface area contributed by atoms with Gasteiger partial charge in [-0.25, -0.2) is 0 Å². The molecule has 1 aliphatic rings. The predicted octanol–water partition coefficient (Wildman–Crippen LogP) is 1.45. The molecule has 21 heavy (non-hydrogen) atoms. The normalized spacial score (nSPS) is 18.5. The first-order valence-corrected chi connectivity index (χ1v) is 8.05. The first-order valence-electron chi connectivity index (χ1n) is 6.59. The molecule has 0 radical (unpaired) electrons. The van der Waals surface area contributed by atoms with Crippen molar-refractivity contribution in [2.45, 2.75) is 6.04 Å². The average molecular weight is 422 g/mol. The molecule has 0 aliphatic carbocycles. The fraction of sp³-hybridized carbons (Fsp3) is 0.429. The fourth-order valence-electron chi connectivity index (χ4n) is 2.28. The molecule has 1 fully saturated rings. The molecule has 5 nitrogen and oxygen atoms in total. The van der Waals surface area contributed by atoms with E-state index < -0.39 is 6.04 Å². The Balaban J connectivity index is 2.30. The first-order chi connectivity index (χ1) is 9.91. The Bertz CT molecular complexity index is 565. The number of likely N-dealkylation sites (N-methyl/N-ethyl adjacent to an activating group) is 1. The zero-order valence-electron chi connectivity index (χ0n) is 11.9. The number of hydrogen-bond donors (Lipinski definition) is 1. The minimum Gasteiger partial charge on any atom is -0.347 e. The lowest BCUT2D eigenvalue weighted by Gasteiger charge is -2.36. The van der Waals surface area contributed by atoms with Crippen LogP contribution in [0.3, 0.4) is 0 Å². The first kappa shape index (κ1) is 16.5. The minimum absolute atomic E-state index is 0.0763. The van der Waals surface area contributed by atoms with E-state index in [4.69, 9.17) is 11.6 Å². The molecule has 1 aliphatic heterocycles. The highest BCUT2D eigenvalue weighted by molar-refractivity contribution is 14.1. The van der Waals surface area contributed by atoms with E-state index in [0.29, 0.717) is 30.2 Å². The number of hydrogen-bond acceptors (Lipinski definition) is 3. The van der Waals surface area contributed by atoms with Crippen molar-refractivity contribution in [3.63, 3.8) is 0 Å². The van der Waals surface area contributed by atoms with Gasteiger partial charge in [-0.3, -0.25) is 9.59 Å². The summed E-state index contributed by atoms with van der Waals surface area (Å²) in [7, 11) is 3.39. The summed E-state index contributed by atoms with van der Waals surface area (Å²) in [6, 6.07) is 4.74. The SMILES string of the molecule is CN(C)C(=O)C1CNCCN1C(=O)c1cc(Cl)ccc1I. The van der Waals surface area contributed by atoms with Crippen LogP contribution in [0, 0.1) is 3.57 Å². The number of piperazine rings is 1. The Kier molecular flexibility index (Phi) is 5.45. The lowest BCUT2D eigenvalue weighted by atomic mass is 10.1. The van der Waals surface area contributed by atoms with Gasteiger partial charge in [0, 0.05) is 42.3 Å². The van der Waals surface area contributed by atoms with E-state index in [9.17, 15) is 9.59 Å². The molecule has 0 aromatic heterocycles. The number of carbonyl (C=O) groups is 2. The molecule has 114 valence electrons. The van der Waals surface area contributed by atoms with Crippen LogP contribution >= 0.6 is 34.2 Å². The average Bonchev–Trinajstić information content (AvgIpc) is 2.48. The molecule has 1 aromatic carbocycles. The van der Waals surface area contributed by atoms with Crippen molar-refractivity contribution in [1.82, 2.24) is 15.1 Å². The molecule has 0 spiro atoms. The predicted molar refractivity (Wildman–Crippen MR) is 90.6 cm³/mol. The molecule has 1 N–H and O–H groups in total. The molecule has 1 saturated heterocycles. The lowest BCUT2D eigenvalue weighted by Crippen LogP contribution is -2.59. The van der Waals surface area contributed by atoms with Crippen molar-refractivity contribution in [1.29, 1.82) is 0 Å². The van der Waals surface area contributed by atoms with Gasteiger partial charge >= 0.3 is 0 Å². The Hall–Kier alpha value is -0.860. The van der Waals surface area contributed by atoms with E-state index in [-0.39, 0.29) is 11.8 Å². The van der Waals surface area contributed by atoms with Gasteiger partial charge in [-0.15, -0.1) is 0 Å². The molecule has 1 atom stereocenters. The highest BCUT2D eigenvalue weighted by atomic mass is 127. The van der Waals surface area contributed by atoms with Crippen molar-refractivity contribution < 1.29 is 9.59 Å². The van der Waals surface area contributed by atoms with Crippen LogP contribution in [0.1, 0.15) is 10.4 Å². The Morgan fingerprint density at radius 2 is 2.14 bits per heavy atom. The molecule has 1 aromatic rings. The van der Waals surface area contributed by atoms with E-state index >= 15 is 0 Å². The second kappa shape index (κ2) is 6.93. The standard InChI is InChI=1S/C14H17ClIN3O2/c1-18(2)14(21)12-8-17-5-6-19(12)13(20)10-7-9(15)3-4-11(10)16/h3-4,7,12,17H,5-6,8H2,1-2H3. The van der Waals surface area contributed by atoms with Crippen molar-refractivity contribution in [2.75, 3.05) is 33.7 Å². The van der Waals surface area contributed by atoms with Gasteiger partial charge in [0.05, 0.1) is 5.56 Å². The van der Waals surface area contributed by atoms with Crippen LogP contribution in [0.4, 0.5) is 0 Å². The molecular weight excluding hydrogens is 405 g/mol. The smallest absolute Gasteiger partial charge is 0.255 e. The maximum absolute atomic E-state index is 12.8. The van der Waals surface area contributed by atoms with E-state index in [1.54, 1.807) is 37.2 Å². The van der Waals surface area contributed by atoms with E-state index in [1.807, 2.05) is 0 Å². The summed E-state index contributed by atoms with van der Waals surface area (Å²) in [5.74, 6) is -0.226. The second-order valence-electron chi connectivity index (χ2n) is 5.08. The van der Waals surface area contributed by atoms with Crippen LogP contribution in [0.5, 0.6) is 0 Å². The third-order valence-corrected chi connectivity index (χ3v) is 4.56. The lowest BCUT2D eigenvalue weighted by molar-refractivity contribution is -0.134. The van der Waals surface area contributed by atoms with Crippen molar-refractivity contribution in [2.24, 2.45) is 0 Å². The van der Waals surface area contributed by atoms with Gasteiger partial charge in [0.15, 0.2) is 0 Å². The largest absolute Gasteiger partial charge is 0.347 e. The summed E-state index contributed by atoms with van der Waals surface area (Å²) in [5, 5.41) is 3.68. The number of benzene rings is 1. The van der Waals surface area contributed by atoms with Crippen molar-refractivity contribution >= 4 is 46.0 Å². The van der Waals surface area contributed by atoms with Gasteiger partial charge in [-0.1, -0.05) is 11.6 Å². The third kappa shape index (κ3) is 3.67. The number of amides is 2. The molecule has 0 saturated carbocycles. The molecular formula is C14H17ClIN3O2. The summed E-state index contributed by atoms with van der Waals surface area (Å²) in [6.07, 6.45) is 0. The van der Waals surface area contributed by atoms with Gasteiger partial charge in [0.1, 0.15) is 6.04 Å². The number of rotatable bonds is 2. The summed E-state index contributed by atoms with van der Waals surface area (Å²) in [6.45, 7) is 1.66. The highest BCUT2D eigenvalue weighted by Crippen LogP contribution is 2.21. The number of nitrogens with zero attached hydrogens (tertiary/aromatic N) is 2. The zero-order chi connectivity index (χ0) is 15.6. The number of halogens is 2. The molecule has 2 amide bonds. The van der Waals surface area contributed by atoms with Crippen LogP contribution in [-0.2, 0) is 4.79 Å². The van der Waals surface area contributed by atoms with Gasteiger partial charge in [-0.05, 0) is 40.8 Å². The highest BCUT2D eigenvalue weighted by Gasteiger charge is 2.34. The van der Waals surface area contributed by atoms with E-state index in [0.717, 1.165) is 3.57 Å². The fourth-order valence-corrected chi connectivity index (χ4v) is 3.02. The van der Waals surface area contributed by atoms with Crippen LogP contribution in [-0.4, -0.2) is 61.4 Å². The van der Waals surface area contributed by atoms with Gasteiger partial charge in [0.25, 0.3) is 5.91 Å². The van der Waals surface area contributed by atoms with Gasteiger partial charge < -0.3 is 15.1 Å². The van der Waals surface area contributed by atoms with Crippen molar-refractivity contribution in [3.05, 3.63) is 32.4 Å². The molecule has 1 heterocycles. The Morgan fingerprint density at radius 3 is 2.81 bits per heavy atom. The van der Waals surface area contributed by atoms with Gasteiger partial charge in [-0.2, -0.15) is 0 Å². The molecule has 7 heteroatoms. The maximum atomic E-state index is 12.8. The van der Waals surface area contributed by atoms with E-state index in [1.165, 1.54) is 4.90 Å². The summed E-state index contributed by atoms with van der Waals surface area (Å²) < 4.78 is 0.830. The van der Waals surface area contributed by atoms with Crippen molar-refractivity contribution in [3.8, 4) is 0 Å². The Labute approximate surface area is 142 Å². The van der Waals surface area contributed by atoms with Crippen LogP contribution in [0.15, 0.2) is 18.2 Å². The topological polar surface area (TPSA) is 52.7 Å². The molecule has 0 bridgehead atoms. The monoisotopic (exact) mass is 421 g/mol. The number of carbonyl (C=O) groups excluding carboxylic acids is 2. The van der Waals surface area contributed by atoms with Crippen LogP contribution in [0.2, 0.25) is 5.02 Å². The van der Waals surface area contributed by atoms with Crippen LogP contribution in [0.25, 0.3) is 0 Å². The third-order valence-electron chi connectivity index (χ3n) is 3.39. The second-order valence-corrected chi connectivity index (χ2v) is 6.67. The molecule has 2 rings (SSSR count). The maximum Gasteiger partial charge on any atom is 0.255 e. The summed E-state index contributed by atoms with van der Waals surface area (Å²) in [4.78, 5) is 28.2. The van der Waals surface area contributed by atoms with Crippen LogP contribution < -0.4 is 5.32 Å². The Morgan fingerprint density at radius 1 is 1.43 bits per heavy atom. The van der Waals surface area contributed by atoms with Gasteiger partial charge in [0.2, 0.25) is 5.91 Å². The molecule has 1 unspecified atom stereocenters. The summed E-state index contributed by atoms with van der Waals surface area (Å²) >= 11 is 8.10. The van der Waals surface area contributed by atoms with E-state index in [2.05, 4.69) is 27.9 Å².